The van der Waals surface area contributed by atoms with E-state index in [4.69, 9.17) is 0 Å². The Kier molecular flexibility index (Phi) is 6.17. The Balaban J connectivity index is 2.28. The predicted molar refractivity (Wildman–Crippen MR) is 71.9 cm³/mol. The summed E-state index contributed by atoms with van der Waals surface area (Å²) in [4.78, 5) is 2.50. The van der Waals surface area contributed by atoms with E-state index in [2.05, 4.69) is 56.0 Å². The molecule has 1 atom stereocenters. The van der Waals surface area contributed by atoms with Gasteiger partial charge in [-0.25, -0.2) is 0 Å². The van der Waals surface area contributed by atoms with Crippen LogP contribution in [0.4, 0.5) is 0 Å². The number of hydrogen-bond donors (Lipinski definition) is 0. The molecule has 0 bridgehead atoms. The summed E-state index contributed by atoms with van der Waals surface area (Å²) in [6, 6.07) is 10.8. The molecule has 0 fully saturated rings. The summed E-state index contributed by atoms with van der Waals surface area (Å²) >= 11 is 0. The van der Waals surface area contributed by atoms with E-state index in [1.165, 1.54) is 38.0 Å². The fraction of sp³-hybridized carbons (Fsp3) is 0.600. The summed E-state index contributed by atoms with van der Waals surface area (Å²) in [6.45, 7) is 10.4. The van der Waals surface area contributed by atoms with Crippen molar-refractivity contribution in [2.45, 2.75) is 39.5 Å². The van der Waals surface area contributed by atoms with Crippen LogP contribution in [0.1, 0.15) is 45.1 Å². The van der Waals surface area contributed by atoms with Crippen molar-refractivity contribution in [1.82, 2.24) is 4.90 Å². The first-order chi connectivity index (χ1) is 7.77. The average Bonchev–Trinajstić information content (AvgIpc) is 2.35. The van der Waals surface area contributed by atoms with Crippen LogP contribution in [-0.2, 0) is 0 Å². The van der Waals surface area contributed by atoms with E-state index in [1.54, 1.807) is 0 Å². The topological polar surface area (TPSA) is 3.24 Å². The molecule has 0 aliphatic carbocycles. The molecule has 0 aromatic heterocycles. The predicted octanol–water partition coefficient (Wildman–Crippen LogP) is 3.91. The standard InChI is InChI=1S/C15H25N/c1-4-16(5-2)13-9-10-14(3)15-11-7-6-8-12-15/h6-8,11-12,14H,4-5,9-10,13H2,1-3H3. The molecule has 1 unspecified atom stereocenters. The molecule has 90 valence electrons. The smallest absolute Gasteiger partial charge is 0.00188 e. The Bertz CT molecular complexity index is 264. The van der Waals surface area contributed by atoms with Crippen molar-refractivity contribution in [3.05, 3.63) is 35.9 Å². The Morgan fingerprint density at radius 2 is 1.69 bits per heavy atom. The van der Waals surface area contributed by atoms with Crippen LogP contribution in [0.25, 0.3) is 0 Å². The van der Waals surface area contributed by atoms with Crippen molar-refractivity contribution in [2.75, 3.05) is 19.6 Å². The first-order valence-electron chi connectivity index (χ1n) is 6.55. The Labute approximate surface area is 100 Å². The van der Waals surface area contributed by atoms with E-state index in [0.29, 0.717) is 5.92 Å². The van der Waals surface area contributed by atoms with Gasteiger partial charge in [0.05, 0.1) is 0 Å². The molecule has 0 saturated carbocycles. The summed E-state index contributed by atoms with van der Waals surface area (Å²) in [6.07, 6.45) is 2.60. The second kappa shape index (κ2) is 7.45. The Hall–Kier alpha value is -0.820. The van der Waals surface area contributed by atoms with Crippen LogP contribution in [0, 0.1) is 0 Å². The van der Waals surface area contributed by atoms with Gasteiger partial charge in [0, 0.05) is 0 Å². The molecule has 1 nitrogen and oxygen atoms in total. The van der Waals surface area contributed by atoms with Gasteiger partial charge in [-0.2, -0.15) is 0 Å². The van der Waals surface area contributed by atoms with Gasteiger partial charge in [0.25, 0.3) is 0 Å². The number of rotatable bonds is 7. The molecule has 16 heavy (non-hydrogen) atoms. The zero-order valence-corrected chi connectivity index (χ0v) is 10.9. The summed E-state index contributed by atoms with van der Waals surface area (Å²) in [5, 5.41) is 0. The molecular weight excluding hydrogens is 194 g/mol. The monoisotopic (exact) mass is 219 g/mol. The van der Waals surface area contributed by atoms with E-state index < -0.39 is 0 Å². The minimum atomic E-state index is 0.691. The first-order valence-corrected chi connectivity index (χ1v) is 6.55. The molecule has 0 amide bonds. The highest BCUT2D eigenvalue weighted by Crippen LogP contribution is 2.19. The quantitative estimate of drug-likeness (QED) is 0.672. The fourth-order valence-electron chi connectivity index (χ4n) is 2.11. The van der Waals surface area contributed by atoms with Crippen LogP contribution in [-0.4, -0.2) is 24.5 Å². The molecule has 0 saturated heterocycles. The summed E-state index contributed by atoms with van der Waals surface area (Å²) in [5.74, 6) is 0.691. The lowest BCUT2D eigenvalue weighted by molar-refractivity contribution is 0.294. The third kappa shape index (κ3) is 4.36. The van der Waals surface area contributed by atoms with Crippen molar-refractivity contribution < 1.29 is 0 Å². The highest BCUT2D eigenvalue weighted by Gasteiger charge is 2.05. The summed E-state index contributed by atoms with van der Waals surface area (Å²) in [7, 11) is 0. The molecule has 0 aliphatic rings. The van der Waals surface area contributed by atoms with Gasteiger partial charge in [-0.15, -0.1) is 0 Å². The van der Waals surface area contributed by atoms with Crippen molar-refractivity contribution in [3.8, 4) is 0 Å². The van der Waals surface area contributed by atoms with Gasteiger partial charge in [0.15, 0.2) is 0 Å². The zero-order valence-electron chi connectivity index (χ0n) is 10.9. The van der Waals surface area contributed by atoms with Crippen molar-refractivity contribution in [3.63, 3.8) is 0 Å². The molecule has 1 aromatic rings. The average molecular weight is 219 g/mol. The van der Waals surface area contributed by atoms with Crippen LogP contribution >= 0.6 is 0 Å². The van der Waals surface area contributed by atoms with Crippen molar-refractivity contribution in [2.24, 2.45) is 0 Å². The molecule has 0 heterocycles. The van der Waals surface area contributed by atoms with E-state index >= 15 is 0 Å². The minimum absolute atomic E-state index is 0.691. The van der Waals surface area contributed by atoms with Crippen molar-refractivity contribution >= 4 is 0 Å². The number of hydrogen-bond acceptors (Lipinski definition) is 1. The van der Waals surface area contributed by atoms with Crippen LogP contribution in [0.5, 0.6) is 0 Å². The number of benzene rings is 1. The van der Waals surface area contributed by atoms with Gasteiger partial charge in [-0.05, 0) is 44.0 Å². The second-order valence-electron chi connectivity index (χ2n) is 4.48. The molecule has 1 aromatic carbocycles. The Morgan fingerprint density at radius 1 is 1.06 bits per heavy atom. The minimum Gasteiger partial charge on any atom is -0.304 e. The third-order valence-corrected chi connectivity index (χ3v) is 3.37. The zero-order chi connectivity index (χ0) is 11.8. The maximum Gasteiger partial charge on any atom is -0.00188 e. The highest BCUT2D eigenvalue weighted by atomic mass is 15.1. The van der Waals surface area contributed by atoms with E-state index in [1.807, 2.05) is 0 Å². The molecule has 0 radical (unpaired) electrons. The van der Waals surface area contributed by atoms with Crippen LogP contribution in [0.3, 0.4) is 0 Å². The lowest BCUT2D eigenvalue weighted by Crippen LogP contribution is -2.24. The van der Waals surface area contributed by atoms with Gasteiger partial charge >= 0.3 is 0 Å². The first kappa shape index (κ1) is 13.2. The molecule has 0 N–H and O–H groups in total. The SMILES string of the molecule is CCN(CC)CCCC(C)c1ccccc1. The highest BCUT2D eigenvalue weighted by molar-refractivity contribution is 5.18. The lowest BCUT2D eigenvalue weighted by atomic mass is 9.96. The molecule has 0 aliphatic heterocycles. The van der Waals surface area contributed by atoms with Gasteiger partial charge in [-0.1, -0.05) is 51.1 Å². The van der Waals surface area contributed by atoms with Gasteiger partial charge in [-0.3, -0.25) is 0 Å². The lowest BCUT2D eigenvalue weighted by Gasteiger charge is -2.19. The summed E-state index contributed by atoms with van der Waals surface area (Å²) < 4.78 is 0. The molecule has 1 rings (SSSR count). The van der Waals surface area contributed by atoms with Crippen molar-refractivity contribution in [1.29, 1.82) is 0 Å². The van der Waals surface area contributed by atoms with E-state index in [0.717, 1.165) is 0 Å². The van der Waals surface area contributed by atoms with Gasteiger partial charge in [0.2, 0.25) is 0 Å². The largest absolute Gasteiger partial charge is 0.304 e. The molecule has 0 spiro atoms. The molecule has 1 heteroatoms. The molecular formula is C15H25N. The van der Waals surface area contributed by atoms with Crippen LogP contribution in [0.2, 0.25) is 0 Å². The maximum atomic E-state index is 2.50. The third-order valence-electron chi connectivity index (χ3n) is 3.37. The van der Waals surface area contributed by atoms with Gasteiger partial charge in [0.1, 0.15) is 0 Å². The second-order valence-corrected chi connectivity index (χ2v) is 4.48. The van der Waals surface area contributed by atoms with Gasteiger partial charge < -0.3 is 4.90 Å². The van der Waals surface area contributed by atoms with E-state index in [9.17, 15) is 0 Å². The normalized spacial score (nSPS) is 13.0. The summed E-state index contributed by atoms with van der Waals surface area (Å²) in [5.41, 5.74) is 1.47. The van der Waals surface area contributed by atoms with E-state index in [-0.39, 0.29) is 0 Å². The Morgan fingerprint density at radius 3 is 2.25 bits per heavy atom. The fourth-order valence-corrected chi connectivity index (χ4v) is 2.11. The number of nitrogens with zero attached hydrogens (tertiary/aromatic N) is 1. The van der Waals surface area contributed by atoms with Crippen LogP contribution < -0.4 is 0 Å². The maximum absolute atomic E-state index is 2.50. The van der Waals surface area contributed by atoms with Crippen LogP contribution in [0.15, 0.2) is 30.3 Å².